The molecule has 0 radical (unpaired) electrons. The Bertz CT molecular complexity index is 4690. The average molecular weight is 1100 g/mol. The van der Waals surface area contributed by atoms with Crippen molar-refractivity contribution in [2.45, 2.75) is 10.8 Å². The van der Waals surface area contributed by atoms with Crippen LogP contribution < -0.4 is 0 Å². The number of benzene rings is 7. The van der Waals surface area contributed by atoms with Gasteiger partial charge in [0.05, 0.1) is 15.5 Å². The molecule has 10 aromatic rings. The number of phenolic OH excluding ortho intramolecular Hbond substituents is 4. The van der Waals surface area contributed by atoms with Gasteiger partial charge in [0.15, 0.2) is 11.6 Å². The number of carbonyl (C=O) groups excluding carboxylic acids is 2. The lowest BCUT2D eigenvalue weighted by Crippen LogP contribution is -2.29. The lowest BCUT2D eigenvalue weighted by molar-refractivity contribution is 0.103. The number of carbonyl (C=O) groups is 2. The number of rotatable bonds is 6. The molecule has 0 aliphatic heterocycles. The van der Waals surface area contributed by atoms with Crippen molar-refractivity contribution in [2.24, 2.45) is 0 Å². The Kier molecular flexibility index (Phi) is 10.8. The molecule has 81 heavy (non-hydrogen) atoms. The number of hydrogen-bond donors (Lipinski definition) is 4. The normalized spacial score (nSPS) is 15.6. The van der Waals surface area contributed by atoms with Gasteiger partial charge in [-0.15, -0.1) is 34.0 Å². The maximum atomic E-state index is 14.4. The van der Waals surface area contributed by atoms with E-state index in [-0.39, 0.29) is 68.0 Å². The Morgan fingerprint density at radius 1 is 0.407 bits per heavy atom. The summed E-state index contributed by atoms with van der Waals surface area (Å²) in [6.45, 7) is 0. The maximum absolute atomic E-state index is 14.4. The van der Waals surface area contributed by atoms with Crippen LogP contribution >= 0.6 is 34.0 Å². The van der Waals surface area contributed by atoms with Crippen LogP contribution in [0.5, 0.6) is 23.0 Å². The van der Waals surface area contributed by atoms with Crippen LogP contribution in [0.25, 0.3) is 53.6 Å². The fraction of sp³-hybridized carbons (Fsp3) is 0.0294. The summed E-state index contributed by atoms with van der Waals surface area (Å²) in [6, 6.07) is 58.9. The minimum absolute atomic E-state index is 0.0581. The lowest BCUT2D eigenvalue weighted by Gasteiger charge is -2.35. The molecule has 3 aromatic heterocycles. The van der Waals surface area contributed by atoms with Crippen LogP contribution in [0.4, 0.5) is 0 Å². The van der Waals surface area contributed by atoms with Crippen molar-refractivity contribution in [1.29, 1.82) is 21.0 Å². The number of hydrogen-bond acceptors (Lipinski definition) is 13. The van der Waals surface area contributed by atoms with E-state index in [1.165, 1.54) is 22.7 Å². The highest BCUT2D eigenvalue weighted by Gasteiger charge is 2.54. The van der Waals surface area contributed by atoms with Crippen molar-refractivity contribution >= 4 is 78.3 Å². The van der Waals surface area contributed by atoms with Gasteiger partial charge in [-0.1, -0.05) is 97.1 Å². The first-order valence-electron chi connectivity index (χ1n) is 25.3. The molecule has 0 unspecified atom stereocenters. The zero-order valence-corrected chi connectivity index (χ0v) is 44.4. The van der Waals surface area contributed by atoms with Gasteiger partial charge in [0, 0.05) is 63.2 Å². The molecule has 10 nitrogen and oxygen atoms in total. The molecule has 0 amide bonds. The average Bonchev–Trinajstić information content (AvgIpc) is 2.03. The Morgan fingerprint density at radius 2 is 0.790 bits per heavy atom. The molecular formula is C68H34N4O6S3. The summed E-state index contributed by atoms with van der Waals surface area (Å²) in [5, 5.41) is 84.4. The second-order valence-corrected chi connectivity index (χ2v) is 23.2. The Hall–Kier alpha value is -10.6. The predicted molar refractivity (Wildman–Crippen MR) is 313 cm³/mol. The Balaban J connectivity index is 1.08. The smallest absolute Gasteiger partial charge is 0.194 e. The van der Waals surface area contributed by atoms with Gasteiger partial charge in [0.25, 0.3) is 0 Å². The second-order valence-electron chi connectivity index (χ2n) is 20.0. The number of fused-ring (bicyclic) bond motifs is 10. The topological polar surface area (TPSA) is 210 Å². The number of ketones is 2. The molecular weight excluding hydrogens is 1060 g/mol. The maximum Gasteiger partial charge on any atom is 0.194 e. The summed E-state index contributed by atoms with van der Waals surface area (Å²) < 4.78 is 1.82. The molecule has 13 heteroatoms. The first kappa shape index (κ1) is 48.7. The van der Waals surface area contributed by atoms with Crippen LogP contribution in [-0.2, 0) is 10.8 Å². The summed E-state index contributed by atoms with van der Waals surface area (Å²) in [5.41, 5.74) is 8.73. The lowest BCUT2D eigenvalue weighted by atomic mass is 9.66. The molecule has 4 aliphatic rings. The van der Waals surface area contributed by atoms with E-state index in [4.69, 9.17) is 0 Å². The zero-order chi connectivity index (χ0) is 55.6. The van der Waals surface area contributed by atoms with Crippen molar-refractivity contribution in [1.82, 2.24) is 0 Å². The minimum Gasteiger partial charge on any atom is -0.508 e. The first-order chi connectivity index (χ1) is 39.4. The first-order valence-corrected chi connectivity index (χ1v) is 27.8. The van der Waals surface area contributed by atoms with Gasteiger partial charge in [-0.2, -0.15) is 21.0 Å². The van der Waals surface area contributed by atoms with Gasteiger partial charge in [0.1, 0.15) is 58.4 Å². The quantitative estimate of drug-likeness (QED) is 0.0914. The molecule has 14 rings (SSSR count). The van der Waals surface area contributed by atoms with E-state index in [9.17, 15) is 51.1 Å². The van der Waals surface area contributed by atoms with Crippen molar-refractivity contribution < 1.29 is 30.0 Å². The molecule has 380 valence electrons. The molecule has 4 N–H and O–H groups in total. The highest BCUT2D eigenvalue weighted by atomic mass is 32.1. The van der Waals surface area contributed by atoms with Gasteiger partial charge < -0.3 is 20.4 Å². The Morgan fingerprint density at radius 3 is 1.22 bits per heavy atom. The van der Waals surface area contributed by atoms with Gasteiger partial charge in [0.2, 0.25) is 0 Å². The summed E-state index contributed by atoms with van der Waals surface area (Å²) in [7, 11) is 0. The van der Waals surface area contributed by atoms with Crippen LogP contribution in [0, 0.1) is 45.3 Å². The number of Topliss-reactive ketones (excluding diaryl/α,β-unsaturated/α-hetero) is 2. The Labute approximate surface area is 474 Å². The molecule has 0 atom stereocenters. The largest absolute Gasteiger partial charge is 0.508 e. The highest BCUT2D eigenvalue weighted by molar-refractivity contribution is 7.30. The molecule has 0 spiro atoms. The van der Waals surface area contributed by atoms with Crippen LogP contribution in [-0.4, -0.2) is 32.0 Å². The molecule has 0 bridgehead atoms. The van der Waals surface area contributed by atoms with Crippen LogP contribution in [0.3, 0.4) is 0 Å². The predicted octanol–water partition coefficient (Wildman–Crippen LogP) is 14.7. The van der Waals surface area contributed by atoms with E-state index >= 15 is 0 Å². The highest BCUT2D eigenvalue weighted by Crippen LogP contribution is 2.67. The number of nitrogens with zero attached hydrogens (tertiary/aromatic N) is 4. The summed E-state index contributed by atoms with van der Waals surface area (Å²) in [4.78, 5) is 31.8. The van der Waals surface area contributed by atoms with E-state index in [1.54, 1.807) is 121 Å². The number of nitriles is 4. The monoisotopic (exact) mass is 1100 g/mol. The number of allylic oxidation sites excluding steroid dienone is 6. The van der Waals surface area contributed by atoms with Gasteiger partial charge >= 0.3 is 0 Å². The summed E-state index contributed by atoms with van der Waals surface area (Å²) >= 11 is 4.52. The summed E-state index contributed by atoms with van der Waals surface area (Å²) in [6.07, 6.45) is 3.52. The second kappa shape index (κ2) is 18.0. The molecule has 7 aromatic carbocycles. The van der Waals surface area contributed by atoms with Gasteiger partial charge in [-0.3, -0.25) is 9.59 Å². The van der Waals surface area contributed by atoms with Crippen molar-refractivity contribution in [3.8, 4) is 68.2 Å². The van der Waals surface area contributed by atoms with E-state index in [0.29, 0.717) is 32.0 Å². The van der Waals surface area contributed by atoms with E-state index in [1.807, 2.05) is 84.9 Å². The van der Waals surface area contributed by atoms with Crippen molar-refractivity contribution in [3.63, 3.8) is 0 Å². The minimum atomic E-state index is -1.13. The SMILES string of the molecule is N#CC(C#N)=C1/C(=C/c2cc3c(s2)-c2cc4c(cc2C3(c2ccc(O)cc2)c2ccc(O)cc2)-c2sc3cc(/C=C5\C(=O)c6ccccc6C5=C(C#N)C#N)sc3c2C4(c2ccc(O)cc2)c2ccc(O)cc2)C(=O)c2ccccc21. The van der Waals surface area contributed by atoms with E-state index in [0.717, 1.165) is 74.8 Å². The molecule has 4 aliphatic carbocycles. The molecule has 0 fully saturated rings. The third kappa shape index (κ3) is 6.79. The number of aromatic hydroxyl groups is 4. The van der Waals surface area contributed by atoms with Crippen LogP contribution in [0.1, 0.15) is 86.1 Å². The molecule has 3 heterocycles. The van der Waals surface area contributed by atoms with Crippen LogP contribution in [0.2, 0.25) is 0 Å². The van der Waals surface area contributed by atoms with E-state index in [2.05, 4.69) is 12.1 Å². The number of phenols is 4. The fourth-order valence-corrected chi connectivity index (χ4v) is 16.6. The molecule has 0 saturated carbocycles. The van der Waals surface area contributed by atoms with Crippen molar-refractivity contribution in [3.05, 3.63) is 269 Å². The van der Waals surface area contributed by atoms with Gasteiger partial charge in [-0.05, 0) is 146 Å². The summed E-state index contributed by atoms with van der Waals surface area (Å²) in [5.74, 6) is -0.376. The third-order valence-corrected chi connectivity index (χ3v) is 19.5. The van der Waals surface area contributed by atoms with Crippen molar-refractivity contribution in [2.75, 3.05) is 0 Å². The molecule has 0 saturated heterocycles. The third-order valence-electron chi connectivity index (χ3n) is 16.0. The van der Waals surface area contributed by atoms with E-state index < -0.39 is 10.8 Å². The van der Waals surface area contributed by atoms with Crippen LogP contribution in [0.15, 0.2) is 192 Å². The standard InChI is InChI=1S/C68H34N4O6S3/c69-31-35(32-70)59-47-5-1-3-7-49(47)62(77)53(59)25-45-27-57-64(79-45)51-29-56-52(30-55(51)67(57,37-9-17-41(73)18-10-37)38-11-19-42(74)20-12-38)65-61(68(56,39-13-21-43(75)22-14-39)40-15-23-44(76)24-16-40)66-58(81-65)28-46(80-66)26-54-60(36(33-71)34-72)48-6-2-4-8-50(48)63(54)78/h1-30,73-76H/b53-25-,54-26-. The van der Waals surface area contributed by atoms with Gasteiger partial charge in [-0.25, -0.2) is 0 Å². The fourth-order valence-electron chi connectivity index (χ4n) is 12.7. The number of thiophene rings is 3. The zero-order valence-electron chi connectivity index (χ0n) is 41.9.